The van der Waals surface area contributed by atoms with E-state index in [2.05, 4.69) is 12.2 Å². The number of rotatable bonds is 6. The second kappa shape index (κ2) is 9.27. The van der Waals surface area contributed by atoms with Crippen LogP contribution in [0.15, 0.2) is 11.6 Å². The van der Waals surface area contributed by atoms with Crippen LogP contribution in [0.3, 0.4) is 0 Å². The van der Waals surface area contributed by atoms with E-state index in [1.807, 2.05) is 11.8 Å². The van der Waals surface area contributed by atoms with Crippen LogP contribution in [0.4, 0.5) is 0 Å². The number of amides is 3. The van der Waals surface area contributed by atoms with Gasteiger partial charge in [-0.05, 0) is 26.2 Å². The summed E-state index contributed by atoms with van der Waals surface area (Å²) in [5.41, 5.74) is 1.08. The minimum atomic E-state index is -0.431. The van der Waals surface area contributed by atoms with Gasteiger partial charge in [0.2, 0.25) is 17.7 Å². The number of carbonyl (C=O) groups is 3. The lowest BCUT2D eigenvalue weighted by atomic mass is 10.1. The molecular formula is C18H29N3O3S. The van der Waals surface area contributed by atoms with Gasteiger partial charge in [0.15, 0.2) is 0 Å². The fourth-order valence-corrected chi connectivity index (χ4v) is 4.24. The van der Waals surface area contributed by atoms with E-state index in [-0.39, 0.29) is 23.8 Å². The Balaban J connectivity index is 1.94. The summed E-state index contributed by atoms with van der Waals surface area (Å²) in [5, 5.41) is 2.79. The standard InChI is InChI=1S/C18H29N3O3S/c1-4-6-13(2)9-17(23)20(3)10-14-7-5-8-21(14)18(24)15-11-25-12-16(22)19-15/h9,14-15H,4-8,10-12H2,1-3H3,(H,19,22)/b13-9+/t14?,15-/m0/s1. The lowest BCUT2D eigenvalue weighted by molar-refractivity contribution is -0.137. The fraction of sp³-hybridized carbons (Fsp3) is 0.722. The zero-order chi connectivity index (χ0) is 18.4. The van der Waals surface area contributed by atoms with Crippen molar-refractivity contribution in [3.63, 3.8) is 0 Å². The molecule has 0 aliphatic carbocycles. The summed E-state index contributed by atoms with van der Waals surface area (Å²) >= 11 is 1.50. The first-order valence-electron chi connectivity index (χ1n) is 9.02. The first-order chi connectivity index (χ1) is 11.9. The molecule has 2 saturated heterocycles. The average molecular weight is 368 g/mol. The van der Waals surface area contributed by atoms with Gasteiger partial charge < -0.3 is 15.1 Å². The fourth-order valence-electron chi connectivity index (χ4n) is 3.39. The quantitative estimate of drug-likeness (QED) is 0.721. The molecule has 0 saturated carbocycles. The lowest BCUT2D eigenvalue weighted by Crippen LogP contribution is -2.55. The molecule has 2 fully saturated rings. The Bertz CT molecular complexity index is 550. The summed E-state index contributed by atoms with van der Waals surface area (Å²) in [4.78, 5) is 40.2. The molecule has 0 radical (unpaired) electrons. The van der Waals surface area contributed by atoms with Crippen molar-refractivity contribution < 1.29 is 14.4 Å². The van der Waals surface area contributed by atoms with E-state index >= 15 is 0 Å². The molecule has 0 bridgehead atoms. The first kappa shape index (κ1) is 19.8. The third-order valence-electron chi connectivity index (χ3n) is 4.69. The first-order valence-corrected chi connectivity index (χ1v) is 10.2. The molecule has 6 nitrogen and oxygen atoms in total. The van der Waals surface area contributed by atoms with E-state index < -0.39 is 6.04 Å². The summed E-state index contributed by atoms with van der Waals surface area (Å²) < 4.78 is 0. The van der Waals surface area contributed by atoms with Crippen molar-refractivity contribution >= 4 is 29.5 Å². The smallest absolute Gasteiger partial charge is 0.246 e. The van der Waals surface area contributed by atoms with Crippen LogP contribution in [-0.2, 0) is 14.4 Å². The van der Waals surface area contributed by atoms with Crippen molar-refractivity contribution in [1.29, 1.82) is 0 Å². The zero-order valence-electron chi connectivity index (χ0n) is 15.4. The van der Waals surface area contributed by atoms with Crippen LogP contribution in [-0.4, -0.2) is 71.2 Å². The van der Waals surface area contributed by atoms with E-state index in [0.717, 1.165) is 31.3 Å². The van der Waals surface area contributed by atoms with Crippen LogP contribution >= 0.6 is 11.8 Å². The van der Waals surface area contributed by atoms with Gasteiger partial charge in [0.05, 0.1) is 5.75 Å². The molecule has 1 unspecified atom stereocenters. The van der Waals surface area contributed by atoms with Crippen LogP contribution in [0.5, 0.6) is 0 Å². The summed E-state index contributed by atoms with van der Waals surface area (Å²) in [5.74, 6) is 0.956. The molecule has 25 heavy (non-hydrogen) atoms. The van der Waals surface area contributed by atoms with Crippen LogP contribution in [0.1, 0.15) is 39.5 Å². The molecule has 2 rings (SSSR count). The van der Waals surface area contributed by atoms with Crippen LogP contribution in [0, 0.1) is 0 Å². The number of hydrogen-bond acceptors (Lipinski definition) is 4. The minimum absolute atomic E-state index is 0.00762. The summed E-state index contributed by atoms with van der Waals surface area (Å²) in [6, 6.07) is -0.398. The molecule has 140 valence electrons. The van der Waals surface area contributed by atoms with Gasteiger partial charge in [0.25, 0.3) is 0 Å². The monoisotopic (exact) mass is 367 g/mol. The number of nitrogens with zero attached hydrogens (tertiary/aromatic N) is 2. The molecule has 2 aliphatic rings. The molecular weight excluding hydrogens is 338 g/mol. The maximum Gasteiger partial charge on any atom is 0.246 e. The van der Waals surface area contributed by atoms with Gasteiger partial charge in [-0.2, -0.15) is 0 Å². The highest BCUT2D eigenvalue weighted by molar-refractivity contribution is 8.00. The maximum absolute atomic E-state index is 12.8. The topological polar surface area (TPSA) is 69.7 Å². The minimum Gasteiger partial charge on any atom is -0.343 e. The summed E-state index contributed by atoms with van der Waals surface area (Å²) in [7, 11) is 1.79. The van der Waals surface area contributed by atoms with Crippen LogP contribution in [0.2, 0.25) is 0 Å². The molecule has 7 heteroatoms. The van der Waals surface area contributed by atoms with Crippen molar-refractivity contribution in [1.82, 2.24) is 15.1 Å². The van der Waals surface area contributed by atoms with E-state index in [1.54, 1.807) is 18.0 Å². The molecule has 1 N–H and O–H groups in total. The van der Waals surface area contributed by atoms with E-state index in [1.165, 1.54) is 11.8 Å². The molecule has 2 atom stereocenters. The van der Waals surface area contributed by atoms with E-state index in [9.17, 15) is 14.4 Å². The van der Waals surface area contributed by atoms with Crippen LogP contribution in [0.25, 0.3) is 0 Å². The van der Waals surface area contributed by atoms with Crippen molar-refractivity contribution in [2.75, 3.05) is 31.6 Å². The SMILES string of the molecule is CCC/C(C)=C/C(=O)N(C)CC1CCCN1C(=O)[C@@H]1CSCC(=O)N1. The molecule has 0 aromatic carbocycles. The number of thioether (sulfide) groups is 1. The Morgan fingerprint density at radius 3 is 2.88 bits per heavy atom. The highest BCUT2D eigenvalue weighted by Crippen LogP contribution is 2.21. The zero-order valence-corrected chi connectivity index (χ0v) is 16.2. The van der Waals surface area contributed by atoms with Gasteiger partial charge >= 0.3 is 0 Å². The Labute approximate surface area is 154 Å². The average Bonchev–Trinajstić information content (AvgIpc) is 3.02. The lowest BCUT2D eigenvalue weighted by Gasteiger charge is -2.32. The van der Waals surface area contributed by atoms with Crippen molar-refractivity contribution in [3.8, 4) is 0 Å². The van der Waals surface area contributed by atoms with Gasteiger partial charge in [-0.15, -0.1) is 11.8 Å². The third kappa shape index (κ3) is 5.49. The third-order valence-corrected chi connectivity index (χ3v) is 5.72. The Kier molecular flexibility index (Phi) is 7.35. The highest BCUT2D eigenvalue weighted by Gasteiger charge is 2.35. The maximum atomic E-state index is 12.8. The Hall–Kier alpha value is -1.50. The normalized spacial score (nSPS) is 24.2. The summed E-state index contributed by atoms with van der Waals surface area (Å²) in [6.45, 7) is 5.31. The van der Waals surface area contributed by atoms with E-state index in [4.69, 9.17) is 0 Å². The van der Waals surface area contributed by atoms with Crippen molar-refractivity contribution in [2.45, 2.75) is 51.6 Å². The Morgan fingerprint density at radius 1 is 1.44 bits per heavy atom. The molecule has 0 spiro atoms. The molecule has 3 amide bonds. The van der Waals surface area contributed by atoms with Crippen LogP contribution < -0.4 is 5.32 Å². The van der Waals surface area contributed by atoms with Crippen molar-refractivity contribution in [2.24, 2.45) is 0 Å². The van der Waals surface area contributed by atoms with Gasteiger partial charge in [-0.25, -0.2) is 0 Å². The molecule has 0 aromatic heterocycles. The number of likely N-dealkylation sites (tertiary alicyclic amines) is 1. The number of carbonyl (C=O) groups excluding carboxylic acids is 3. The van der Waals surface area contributed by atoms with Gasteiger partial charge in [-0.3, -0.25) is 14.4 Å². The highest BCUT2D eigenvalue weighted by atomic mass is 32.2. The largest absolute Gasteiger partial charge is 0.343 e. The second-order valence-electron chi connectivity index (χ2n) is 6.92. The molecule has 0 aromatic rings. The number of hydrogen-bond donors (Lipinski definition) is 1. The molecule has 2 heterocycles. The van der Waals surface area contributed by atoms with Crippen molar-refractivity contribution in [3.05, 3.63) is 11.6 Å². The number of nitrogens with one attached hydrogen (secondary N) is 1. The number of allylic oxidation sites excluding steroid dienone is 1. The second-order valence-corrected chi connectivity index (χ2v) is 7.95. The predicted molar refractivity (Wildman–Crippen MR) is 100 cm³/mol. The van der Waals surface area contributed by atoms with E-state index in [0.29, 0.717) is 24.6 Å². The Morgan fingerprint density at radius 2 is 2.20 bits per heavy atom. The van der Waals surface area contributed by atoms with Gasteiger partial charge in [-0.1, -0.05) is 18.9 Å². The molecule has 2 aliphatic heterocycles. The van der Waals surface area contributed by atoms with Gasteiger partial charge in [0.1, 0.15) is 6.04 Å². The predicted octanol–water partition coefficient (Wildman–Crippen LogP) is 1.41. The van der Waals surface area contributed by atoms with Gasteiger partial charge in [0, 0.05) is 38.0 Å². The number of likely N-dealkylation sites (N-methyl/N-ethyl adjacent to an activating group) is 1. The summed E-state index contributed by atoms with van der Waals surface area (Å²) in [6.07, 6.45) is 5.48.